The minimum atomic E-state index is -0.211. The zero-order valence-corrected chi connectivity index (χ0v) is 15.4. The van der Waals surface area contributed by atoms with Crippen LogP contribution in [0.2, 0.25) is 5.02 Å². The number of anilines is 1. The molecule has 0 radical (unpaired) electrons. The molecule has 1 unspecified atom stereocenters. The Bertz CT molecular complexity index is 765. The first kappa shape index (κ1) is 17.7. The number of carbonyl (C=O) groups excluding carboxylic acids is 1. The average Bonchev–Trinajstić information content (AvgIpc) is 2.60. The highest BCUT2D eigenvalue weighted by atomic mass is 35.5. The summed E-state index contributed by atoms with van der Waals surface area (Å²) in [7, 11) is 0. The van der Waals surface area contributed by atoms with E-state index in [0.717, 1.165) is 30.9 Å². The van der Waals surface area contributed by atoms with E-state index in [0.29, 0.717) is 29.0 Å². The number of piperidine rings is 1. The van der Waals surface area contributed by atoms with Crippen molar-refractivity contribution in [3.05, 3.63) is 52.4 Å². The van der Waals surface area contributed by atoms with Crippen LogP contribution in [0.5, 0.6) is 0 Å². The standard InChI is InChI=1S/C19H23ClN4O/c1-13-6-5-9-24(12-13)18-10-17(22-14(2)23-18)19(25)21-11-15-7-3-4-8-16(15)20/h3-4,7-8,10,13H,5-6,9,11-12H2,1-2H3,(H,21,25). The Balaban J connectivity index is 1.73. The Morgan fingerprint density at radius 2 is 2.16 bits per heavy atom. The van der Waals surface area contributed by atoms with E-state index in [-0.39, 0.29) is 5.91 Å². The molecular weight excluding hydrogens is 336 g/mol. The Labute approximate surface area is 153 Å². The number of hydrogen-bond donors (Lipinski definition) is 1. The average molecular weight is 359 g/mol. The number of aryl methyl sites for hydroxylation is 1. The molecule has 0 aliphatic carbocycles. The maximum atomic E-state index is 12.5. The quantitative estimate of drug-likeness (QED) is 0.907. The molecule has 0 bridgehead atoms. The van der Waals surface area contributed by atoms with Gasteiger partial charge in [0.15, 0.2) is 0 Å². The maximum absolute atomic E-state index is 12.5. The molecular formula is C19H23ClN4O. The second kappa shape index (κ2) is 7.83. The van der Waals surface area contributed by atoms with Gasteiger partial charge in [0, 0.05) is 30.7 Å². The molecule has 1 aromatic heterocycles. The molecule has 1 amide bonds. The second-order valence-corrected chi connectivity index (χ2v) is 7.03. The van der Waals surface area contributed by atoms with Crippen LogP contribution < -0.4 is 10.2 Å². The van der Waals surface area contributed by atoms with Gasteiger partial charge in [-0.05, 0) is 37.3 Å². The van der Waals surface area contributed by atoms with Crippen molar-refractivity contribution < 1.29 is 4.79 Å². The number of amides is 1. The summed E-state index contributed by atoms with van der Waals surface area (Å²) in [5, 5.41) is 3.53. The highest BCUT2D eigenvalue weighted by Crippen LogP contribution is 2.22. The summed E-state index contributed by atoms with van der Waals surface area (Å²) in [6.45, 7) is 6.38. The third-order valence-electron chi connectivity index (χ3n) is 4.44. The van der Waals surface area contributed by atoms with Crippen molar-refractivity contribution in [3.63, 3.8) is 0 Å². The molecule has 5 nitrogen and oxygen atoms in total. The largest absolute Gasteiger partial charge is 0.356 e. The van der Waals surface area contributed by atoms with Crippen LogP contribution in [0.15, 0.2) is 30.3 Å². The van der Waals surface area contributed by atoms with E-state index in [9.17, 15) is 4.79 Å². The molecule has 1 fully saturated rings. The Morgan fingerprint density at radius 1 is 1.36 bits per heavy atom. The van der Waals surface area contributed by atoms with E-state index in [1.165, 1.54) is 6.42 Å². The van der Waals surface area contributed by atoms with Crippen LogP contribution in [0, 0.1) is 12.8 Å². The molecule has 132 valence electrons. The van der Waals surface area contributed by atoms with Gasteiger partial charge in [0.2, 0.25) is 0 Å². The van der Waals surface area contributed by atoms with Gasteiger partial charge in [-0.3, -0.25) is 4.79 Å². The van der Waals surface area contributed by atoms with Crippen LogP contribution >= 0.6 is 11.6 Å². The fourth-order valence-electron chi connectivity index (χ4n) is 3.14. The zero-order valence-electron chi connectivity index (χ0n) is 14.6. The number of nitrogens with one attached hydrogen (secondary N) is 1. The summed E-state index contributed by atoms with van der Waals surface area (Å²) in [6, 6.07) is 9.26. The van der Waals surface area contributed by atoms with Crippen LogP contribution in [0.4, 0.5) is 5.82 Å². The Kier molecular flexibility index (Phi) is 5.53. The van der Waals surface area contributed by atoms with Crippen LogP contribution in [0.1, 0.15) is 41.6 Å². The van der Waals surface area contributed by atoms with E-state index in [4.69, 9.17) is 11.6 Å². The third kappa shape index (κ3) is 4.48. The number of halogens is 1. The summed E-state index contributed by atoms with van der Waals surface area (Å²) in [4.78, 5) is 23.6. The topological polar surface area (TPSA) is 58.1 Å². The third-order valence-corrected chi connectivity index (χ3v) is 4.80. The molecule has 25 heavy (non-hydrogen) atoms. The molecule has 0 saturated carbocycles. The minimum absolute atomic E-state index is 0.211. The van der Waals surface area contributed by atoms with Crippen LogP contribution in [0.25, 0.3) is 0 Å². The van der Waals surface area contributed by atoms with E-state index in [1.807, 2.05) is 31.2 Å². The lowest BCUT2D eigenvalue weighted by molar-refractivity contribution is 0.0945. The maximum Gasteiger partial charge on any atom is 0.270 e. The first-order valence-corrected chi connectivity index (χ1v) is 9.03. The summed E-state index contributed by atoms with van der Waals surface area (Å²) < 4.78 is 0. The Morgan fingerprint density at radius 3 is 2.92 bits per heavy atom. The lowest BCUT2D eigenvalue weighted by Crippen LogP contribution is -2.35. The highest BCUT2D eigenvalue weighted by Gasteiger charge is 2.20. The predicted octanol–water partition coefficient (Wildman–Crippen LogP) is 3.60. The van der Waals surface area contributed by atoms with E-state index in [2.05, 4.69) is 27.1 Å². The van der Waals surface area contributed by atoms with Gasteiger partial charge < -0.3 is 10.2 Å². The van der Waals surface area contributed by atoms with Crippen molar-refractivity contribution in [2.75, 3.05) is 18.0 Å². The number of nitrogens with zero attached hydrogens (tertiary/aromatic N) is 3. The van der Waals surface area contributed by atoms with Gasteiger partial charge in [-0.1, -0.05) is 36.7 Å². The van der Waals surface area contributed by atoms with Crippen molar-refractivity contribution in [2.45, 2.75) is 33.2 Å². The van der Waals surface area contributed by atoms with Crippen molar-refractivity contribution in [3.8, 4) is 0 Å². The predicted molar refractivity (Wildman–Crippen MR) is 100 cm³/mol. The molecule has 3 rings (SSSR count). The minimum Gasteiger partial charge on any atom is -0.356 e. The molecule has 1 N–H and O–H groups in total. The molecule has 1 aliphatic heterocycles. The number of aromatic nitrogens is 2. The normalized spacial score (nSPS) is 17.4. The fraction of sp³-hybridized carbons (Fsp3) is 0.421. The molecule has 6 heteroatoms. The highest BCUT2D eigenvalue weighted by molar-refractivity contribution is 6.31. The molecule has 0 spiro atoms. The van der Waals surface area contributed by atoms with E-state index >= 15 is 0 Å². The smallest absolute Gasteiger partial charge is 0.270 e. The fourth-order valence-corrected chi connectivity index (χ4v) is 3.34. The molecule has 1 atom stereocenters. The molecule has 1 saturated heterocycles. The zero-order chi connectivity index (χ0) is 17.8. The first-order valence-electron chi connectivity index (χ1n) is 8.65. The number of carbonyl (C=O) groups is 1. The van der Waals surface area contributed by atoms with Crippen molar-refractivity contribution in [1.29, 1.82) is 0 Å². The second-order valence-electron chi connectivity index (χ2n) is 6.63. The SMILES string of the molecule is Cc1nc(C(=O)NCc2ccccc2Cl)cc(N2CCCC(C)C2)n1. The molecule has 1 aromatic carbocycles. The van der Waals surface area contributed by atoms with Gasteiger partial charge in [-0.2, -0.15) is 0 Å². The van der Waals surface area contributed by atoms with Crippen molar-refractivity contribution in [2.24, 2.45) is 5.92 Å². The van der Waals surface area contributed by atoms with Crippen LogP contribution in [0.3, 0.4) is 0 Å². The number of hydrogen-bond acceptors (Lipinski definition) is 4. The number of benzene rings is 1. The van der Waals surface area contributed by atoms with Crippen molar-refractivity contribution >= 4 is 23.3 Å². The van der Waals surface area contributed by atoms with Gasteiger partial charge >= 0.3 is 0 Å². The van der Waals surface area contributed by atoms with Gasteiger partial charge in [-0.25, -0.2) is 9.97 Å². The van der Waals surface area contributed by atoms with E-state index in [1.54, 1.807) is 6.07 Å². The summed E-state index contributed by atoms with van der Waals surface area (Å²) in [6.07, 6.45) is 2.39. The first-order chi connectivity index (χ1) is 12.0. The lowest BCUT2D eigenvalue weighted by atomic mass is 10.0. The summed E-state index contributed by atoms with van der Waals surface area (Å²) in [5.74, 6) is 1.87. The summed E-state index contributed by atoms with van der Waals surface area (Å²) in [5.41, 5.74) is 1.28. The van der Waals surface area contributed by atoms with E-state index < -0.39 is 0 Å². The Hall–Kier alpha value is -2.14. The van der Waals surface area contributed by atoms with Gasteiger partial charge in [0.05, 0.1) is 0 Å². The lowest BCUT2D eigenvalue weighted by Gasteiger charge is -2.32. The molecule has 2 aromatic rings. The number of rotatable bonds is 4. The van der Waals surface area contributed by atoms with Gasteiger partial charge in [-0.15, -0.1) is 0 Å². The van der Waals surface area contributed by atoms with Crippen LogP contribution in [-0.2, 0) is 6.54 Å². The molecule has 1 aliphatic rings. The summed E-state index contributed by atoms with van der Waals surface area (Å²) >= 11 is 6.14. The van der Waals surface area contributed by atoms with Crippen LogP contribution in [-0.4, -0.2) is 29.0 Å². The monoisotopic (exact) mass is 358 g/mol. The van der Waals surface area contributed by atoms with Crippen molar-refractivity contribution in [1.82, 2.24) is 15.3 Å². The van der Waals surface area contributed by atoms with Gasteiger partial charge in [0.1, 0.15) is 17.3 Å². The molecule has 2 heterocycles. The van der Waals surface area contributed by atoms with Gasteiger partial charge in [0.25, 0.3) is 5.91 Å².